The van der Waals surface area contributed by atoms with Gasteiger partial charge in [-0.25, -0.2) is 9.59 Å². The Morgan fingerprint density at radius 1 is 1.07 bits per heavy atom. The molecule has 2 fully saturated rings. The molecule has 0 aliphatic carbocycles. The Bertz CT molecular complexity index is 745. The van der Waals surface area contributed by atoms with Crippen molar-refractivity contribution in [2.45, 2.75) is 39.0 Å². The van der Waals surface area contributed by atoms with E-state index in [1.165, 1.54) is 9.80 Å². The molecule has 3 atom stereocenters. The summed E-state index contributed by atoms with van der Waals surface area (Å²) in [5, 5.41) is 9.62. The molecule has 152 valence electrons. The lowest BCUT2D eigenvalue weighted by Crippen LogP contribution is -2.53. The molecular weight excluding hydrogens is 364 g/mol. The first kappa shape index (κ1) is 20.0. The lowest BCUT2D eigenvalue weighted by atomic mass is 9.86. The fourth-order valence-electron chi connectivity index (χ4n) is 3.83. The Labute approximate surface area is 164 Å². The zero-order valence-electron chi connectivity index (χ0n) is 16.3. The van der Waals surface area contributed by atoms with Crippen molar-refractivity contribution in [1.29, 1.82) is 0 Å². The van der Waals surface area contributed by atoms with Crippen LogP contribution in [0.25, 0.3) is 0 Å². The molecule has 2 heterocycles. The number of fused-ring (bicyclic) bond motifs is 2. The summed E-state index contributed by atoms with van der Waals surface area (Å²) in [4.78, 5) is 39.7. The number of hydrogen-bond acceptors (Lipinski definition) is 5. The lowest BCUT2D eigenvalue weighted by molar-refractivity contribution is -0.145. The van der Waals surface area contributed by atoms with Crippen LogP contribution in [0.2, 0.25) is 0 Å². The molecule has 1 N–H and O–H groups in total. The Morgan fingerprint density at radius 3 is 2.36 bits per heavy atom. The SMILES string of the molecule is CC(C)(C)OC(=O)N1CC2CN(C(=O)OCc3ccccc3)C(C1)C2C(=O)O. The molecule has 28 heavy (non-hydrogen) atoms. The van der Waals surface area contributed by atoms with Crippen molar-refractivity contribution in [1.82, 2.24) is 9.80 Å². The number of rotatable bonds is 3. The van der Waals surface area contributed by atoms with E-state index >= 15 is 0 Å². The van der Waals surface area contributed by atoms with E-state index in [1.807, 2.05) is 30.3 Å². The smallest absolute Gasteiger partial charge is 0.410 e. The van der Waals surface area contributed by atoms with Gasteiger partial charge in [-0.3, -0.25) is 4.79 Å². The number of carbonyl (C=O) groups is 3. The van der Waals surface area contributed by atoms with E-state index < -0.39 is 35.7 Å². The molecule has 2 amide bonds. The number of piperidine rings is 1. The van der Waals surface area contributed by atoms with Crippen molar-refractivity contribution in [3.8, 4) is 0 Å². The second-order valence-corrected chi connectivity index (χ2v) is 8.27. The molecular formula is C20H26N2O6. The number of aliphatic carboxylic acids is 1. The third-order valence-electron chi connectivity index (χ3n) is 4.99. The van der Waals surface area contributed by atoms with E-state index in [9.17, 15) is 19.5 Å². The number of benzene rings is 1. The average molecular weight is 390 g/mol. The fourth-order valence-corrected chi connectivity index (χ4v) is 3.83. The molecule has 0 radical (unpaired) electrons. The van der Waals surface area contributed by atoms with Gasteiger partial charge in [0.25, 0.3) is 0 Å². The monoisotopic (exact) mass is 390 g/mol. The second kappa shape index (κ2) is 7.69. The summed E-state index contributed by atoms with van der Waals surface area (Å²) in [6, 6.07) is 8.64. The van der Waals surface area contributed by atoms with Crippen LogP contribution in [0, 0.1) is 11.8 Å². The third kappa shape index (κ3) is 4.37. The molecule has 2 aliphatic rings. The van der Waals surface area contributed by atoms with Crippen molar-refractivity contribution in [3.63, 3.8) is 0 Å². The van der Waals surface area contributed by atoms with Crippen molar-refractivity contribution in [2.24, 2.45) is 11.8 Å². The molecule has 3 rings (SSSR count). The highest BCUT2D eigenvalue weighted by molar-refractivity contribution is 5.77. The standard InChI is InChI=1S/C20H26N2O6/c1-20(2,3)28-18(25)21-9-14-10-22(15(11-21)16(14)17(23)24)19(26)27-12-13-7-5-4-6-8-13/h4-8,14-16H,9-12H2,1-3H3,(H,23,24). The number of likely N-dealkylation sites (tertiary alicyclic amines) is 2. The number of carboxylic acid groups (broad SMARTS) is 1. The van der Waals surface area contributed by atoms with Gasteiger partial charge in [0.1, 0.15) is 12.2 Å². The predicted octanol–water partition coefficient (Wildman–Crippen LogP) is 2.58. The van der Waals surface area contributed by atoms with Gasteiger partial charge in [0.15, 0.2) is 0 Å². The minimum absolute atomic E-state index is 0.112. The minimum atomic E-state index is -0.961. The summed E-state index contributed by atoms with van der Waals surface area (Å²) < 4.78 is 10.8. The van der Waals surface area contributed by atoms with Gasteiger partial charge in [0.05, 0.1) is 12.0 Å². The van der Waals surface area contributed by atoms with E-state index in [-0.39, 0.29) is 32.2 Å². The molecule has 8 heteroatoms. The topological polar surface area (TPSA) is 96.4 Å². The van der Waals surface area contributed by atoms with Crippen LogP contribution in [0.5, 0.6) is 0 Å². The maximum absolute atomic E-state index is 12.6. The molecule has 0 aromatic heterocycles. The van der Waals surface area contributed by atoms with Gasteiger partial charge in [0.2, 0.25) is 0 Å². The van der Waals surface area contributed by atoms with E-state index in [0.29, 0.717) is 0 Å². The Morgan fingerprint density at radius 2 is 1.75 bits per heavy atom. The Kier molecular flexibility index (Phi) is 5.49. The second-order valence-electron chi connectivity index (χ2n) is 8.27. The molecule has 2 bridgehead atoms. The zero-order valence-corrected chi connectivity index (χ0v) is 16.3. The Balaban J connectivity index is 1.69. The van der Waals surface area contributed by atoms with Crippen LogP contribution in [0.4, 0.5) is 9.59 Å². The van der Waals surface area contributed by atoms with Crippen LogP contribution in [0.15, 0.2) is 30.3 Å². The summed E-state index contributed by atoms with van der Waals surface area (Å²) in [6.07, 6.45) is -1.06. The van der Waals surface area contributed by atoms with Crippen LogP contribution in [-0.2, 0) is 20.9 Å². The molecule has 1 aromatic carbocycles. The molecule has 0 saturated carbocycles. The number of carbonyl (C=O) groups excluding carboxylic acids is 2. The summed E-state index contributed by atoms with van der Waals surface area (Å²) >= 11 is 0. The van der Waals surface area contributed by atoms with Crippen LogP contribution >= 0.6 is 0 Å². The Hall–Kier alpha value is -2.77. The van der Waals surface area contributed by atoms with E-state index in [4.69, 9.17) is 9.47 Å². The van der Waals surface area contributed by atoms with Gasteiger partial charge in [-0.05, 0) is 26.3 Å². The highest BCUT2D eigenvalue weighted by Crippen LogP contribution is 2.36. The molecule has 2 saturated heterocycles. The summed E-state index contributed by atoms with van der Waals surface area (Å²) in [5.74, 6) is -2.03. The van der Waals surface area contributed by atoms with E-state index in [1.54, 1.807) is 20.8 Å². The molecule has 2 aliphatic heterocycles. The number of carboxylic acids is 1. The van der Waals surface area contributed by atoms with Crippen LogP contribution in [0.1, 0.15) is 26.3 Å². The van der Waals surface area contributed by atoms with Crippen LogP contribution in [0.3, 0.4) is 0 Å². The van der Waals surface area contributed by atoms with Crippen molar-refractivity contribution in [3.05, 3.63) is 35.9 Å². The molecule has 1 aromatic rings. The van der Waals surface area contributed by atoms with Gasteiger partial charge < -0.3 is 24.4 Å². The van der Waals surface area contributed by atoms with Gasteiger partial charge in [-0.2, -0.15) is 0 Å². The number of amides is 2. The van der Waals surface area contributed by atoms with Gasteiger partial charge >= 0.3 is 18.2 Å². The van der Waals surface area contributed by atoms with Crippen molar-refractivity contribution in [2.75, 3.05) is 19.6 Å². The minimum Gasteiger partial charge on any atom is -0.481 e. The maximum atomic E-state index is 12.6. The first-order chi connectivity index (χ1) is 13.2. The van der Waals surface area contributed by atoms with Crippen LogP contribution < -0.4 is 0 Å². The van der Waals surface area contributed by atoms with Crippen molar-refractivity contribution >= 4 is 18.2 Å². The zero-order chi connectivity index (χ0) is 20.5. The largest absolute Gasteiger partial charge is 0.481 e. The fraction of sp³-hybridized carbons (Fsp3) is 0.550. The first-order valence-electron chi connectivity index (χ1n) is 9.34. The number of ether oxygens (including phenoxy) is 2. The van der Waals surface area contributed by atoms with Gasteiger partial charge in [0, 0.05) is 25.6 Å². The third-order valence-corrected chi connectivity index (χ3v) is 4.99. The molecule has 3 unspecified atom stereocenters. The molecule has 8 nitrogen and oxygen atoms in total. The van der Waals surface area contributed by atoms with Gasteiger partial charge in [-0.15, -0.1) is 0 Å². The van der Waals surface area contributed by atoms with Crippen LogP contribution in [-0.4, -0.2) is 64.3 Å². The average Bonchev–Trinajstić information content (AvgIpc) is 2.86. The summed E-state index contributed by atoms with van der Waals surface area (Å²) in [7, 11) is 0. The van der Waals surface area contributed by atoms with Gasteiger partial charge in [-0.1, -0.05) is 30.3 Å². The number of nitrogens with zero attached hydrogens (tertiary/aromatic N) is 2. The first-order valence-corrected chi connectivity index (χ1v) is 9.34. The lowest BCUT2D eigenvalue weighted by Gasteiger charge is -2.37. The van der Waals surface area contributed by atoms with E-state index in [2.05, 4.69) is 0 Å². The van der Waals surface area contributed by atoms with Crippen molar-refractivity contribution < 1.29 is 29.0 Å². The predicted molar refractivity (Wildman–Crippen MR) is 99.5 cm³/mol. The molecule has 0 spiro atoms. The number of hydrogen-bond donors (Lipinski definition) is 1. The maximum Gasteiger partial charge on any atom is 0.410 e. The summed E-state index contributed by atoms with van der Waals surface area (Å²) in [5.41, 5.74) is 0.205. The summed E-state index contributed by atoms with van der Waals surface area (Å²) in [6.45, 7) is 6.04. The highest BCUT2D eigenvalue weighted by Gasteiger charge is 2.53. The highest BCUT2D eigenvalue weighted by atomic mass is 16.6. The quantitative estimate of drug-likeness (QED) is 0.852. The van der Waals surface area contributed by atoms with E-state index in [0.717, 1.165) is 5.56 Å². The normalized spacial score (nSPS) is 24.0.